The molecule has 1 amide bonds. The number of carbonyl (C=O) groups excluding carboxylic acids is 1. The Labute approximate surface area is 164 Å². The number of hydrogen-bond acceptors (Lipinski definition) is 3. The highest BCUT2D eigenvalue weighted by Crippen LogP contribution is 2.43. The molecule has 2 fully saturated rings. The van der Waals surface area contributed by atoms with Crippen molar-refractivity contribution in [3.05, 3.63) is 29.7 Å². The molecule has 2 N–H and O–H groups in total. The normalized spacial score (nSPS) is 31.1. The van der Waals surface area contributed by atoms with Crippen LogP contribution < -0.4 is 4.74 Å². The van der Waals surface area contributed by atoms with Gasteiger partial charge in [0.15, 0.2) is 11.6 Å². The summed E-state index contributed by atoms with van der Waals surface area (Å²) in [5, 5.41) is 11.0. The molecule has 3 heterocycles. The lowest BCUT2D eigenvalue weighted by molar-refractivity contribution is -0.153. The van der Waals surface area contributed by atoms with Crippen LogP contribution in [0.3, 0.4) is 0 Å². The summed E-state index contributed by atoms with van der Waals surface area (Å²) in [5.41, 5.74) is 0.582. The Hall–Kier alpha value is -2.08. The van der Waals surface area contributed by atoms with Crippen molar-refractivity contribution in [1.29, 1.82) is 0 Å². The van der Waals surface area contributed by atoms with Crippen molar-refractivity contribution in [1.82, 2.24) is 9.88 Å². The van der Waals surface area contributed by atoms with E-state index in [-0.39, 0.29) is 23.7 Å². The molecule has 0 saturated carbocycles. The van der Waals surface area contributed by atoms with Gasteiger partial charge in [0.1, 0.15) is 0 Å². The molecule has 6 heteroatoms. The van der Waals surface area contributed by atoms with Gasteiger partial charge in [-0.05, 0) is 63.1 Å². The number of piperidine rings is 2. The van der Waals surface area contributed by atoms with E-state index in [0.29, 0.717) is 35.2 Å². The third-order valence-electron chi connectivity index (χ3n) is 6.58. The van der Waals surface area contributed by atoms with E-state index >= 15 is 0 Å². The van der Waals surface area contributed by atoms with E-state index in [1.165, 1.54) is 7.11 Å². The maximum absolute atomic E-state index is 14.9. The Balaban J connectivity index is 1.68. The predicted octanol–water partition coefficient (Wildman–Crippen LogP) is 3.96. The zero-order valence-electron chi connectivity index (χ0n) is 17.0. The topological polar surface area (TPSA) is 65.6 Å². The van der Waals surface area contributed by atoms with Crippen molar-refractivity contribution in [2.75, 3.05) is 7.11 Å². The molecule has 152 valence electrons. The van der Waals surface area contributed by atoms with E-state index in [1.54, 1.807) is 18.3 Å². The number of hydrogen-bond donors (Lipinski definition) is 2. The van der Waals surface area contributed by atoms with Crippen LogP contribution in [0, 0.1) is 11.7 Å². The first-order valence-corrected chi connectivity index (χ1v) is 10.1. The molecule has 2 aliphatic heterocycles. The Morgan fingerprint density at radius 3 is 2.61 bits per heavy atom. The number of ether oxygens (including phenoxy) is 1. The van der Waals surface area contributed by atoms with Crippen LogP contribution in [0.1, 0.15) is 57.9 Å². The fourth-order valence-corrected chi connectivity index (χ4v) is 5.42. The van der Waals surface area contributed by atoms with Crippen molar-refractivity contribution in [3.8, 4) is 5.75 Å². The molecule has 2 saturated heterocycles. The standard InChI is InChI=1S/C22H29FN2O3/c1-12-7-14-9-22(3,27)10-15(8-12)25(14)21(26)13(2)16-11-24-17-5-6-18(28-4)20(23)19(16)17/h5-6,11-15,24,27H,7-10H2,1-4H3. The Kier molecular flexibility index (Phi) is 4.65. The monoisotopic (exact) mass is 388 g/mol. The number of amides is 1. The SMILES string of the molecule is COc1ccc2[nH]cc(C(C)C(=O)N3C4CC(C)CC3CC(C)(O)C4)c2c1F. The number of nitrogens with one attached hydrogen (secondary N) is 1. The van der Waals surface area contributed by atoms with Gasteiger partial charge in [0.25, 0.3) is 0 Å². The molecule has 2 aromatic rings. The van der Waals surface area contributed by atoms with Gasteiger partial charge in [-0.25, -0.2) is 4.39 Å². The lowest BCUT2D eigenvalue weighted by Gasteiger charge is -2.53. The summed E-state index contributed by atoms with van der Waals surface area (Å²) < 4.78 is 20.0. The molecule has 3 unspecified atom stereocenters. The third-order valence-corrected chi connectivity index (χ3v) is 6.58. The quantitative estimate of drug-likeness (QED) is 0.836. The summed E-state index contributed by atoms with van der Waals surface area (Å²) in [5.74, 6) is -0.184. The molecule has 2 bridgehead atoms. The average molecular weight is 388 g/mol. The van der Waals surface area contributed by atoms with E-state index in [1.807, 2.05) is 18.7 Å². The predicted molar refractivity (Wildman–Crippen MR) is 106 cm³/mol. The number of carbonyl (C=O) groups is 1. The van der Waals surface area contributed by atoms with Crippen LogP contribution in [0.2, 0.25) is 0 Å². The van der Waals surface area contributed by atoms with Crippen molar-refractivity contribution in [2.24, 2.45) is 5.92 Å². The number of aromatic amines is 1. The van der Waals surface area contributed by atoms with E-state index < -0.39 is 17.3 Å². The first kappa shape index (κ1) is 19.2. The zero-order valence-corrected chi connectivity index (χ0v) is 17.0. The van der Waals surface area contributed by atoms with E-state index in [4.69, 9.17) is 4.74 Å². The van der Waals surface area contributed by atoms with Crippen LogP contribution in [-0.4, -0.2) is 45.7 Å². The van der Waals surface area contributed by atoms with Gasteiger partial charge in [0.2, 0.25) is 5.91 Å². The minimum Gasteiger partial charge on any atom is -0.494 e. The number of aromatic nitrogens is 1. The van der Waals surface area contributed by atoms with E-state index in [9.17, 15) is 14.3 Å². The molecule has 2 aliphatic rings. The molecule has 0 spiro atoms. The third kappa shape index (κ3) is 3.08. The molecule has 1 aromatic heterocycles. The van der Waals surface area contributed by atoms with Crippen molar-refractivity contribution >= 4 is 16.8 Å². The molecule has 3 atom stereocenters. The van der Waals surface area contributed by atoms with E-state index in [2.05, 4.69) is 11.9 Å². The number of nitrogens with zero attached hydrogens (tertiary/aromatic N) is 1. The van der Waals surface area contributed by atoms with Crippen LogP contribution in [0.4, 0.5) is 4.39 Å². The zero-order chi connectivity index (χ0) is 20.2. The lowest BCUT2D eigenvalue weighted by atomic mass is 9.72. The molecule has 1 aromatic carbocycles. The fourth-order valence-electron chi connectivity index (χ4n) is 5.42. The van der Waals surface area contributed by atoms with Gasteiger partial charge >= 0.3 is 0 Å². The van der Waals surface area contributed by atoms with Crippen LogP contribution in [0.15, 0.2) is 18.3 Å². The van der Waals surface area contributed by atoms with Crippen molar-refractivity contribution in [2.45, 2.75) is 70.1 Å². The lowest BCUT2D eigenvalue weighted by Crippen LogP contribution is -2.61. The first-order valence-electron chi connectivity index (χ1n) is 10.1. The first-order chi connectivity index (χ1) is 13.2. The van der Waals surface area contributed by atoms with Crippen molar-refractivity contribution in [3.63, 3.8) is 0 Å². The van der Waals surface area contributed by atoms with Gasteiger partial charge in [-0.15, -0.1) is 0 Å². The average Bonchev–Trinajstić information content (AvgIpc) is 3.04. The van der Waals surface area contributed by atoms with Gasteiger partial charge in [-0.2, -0.15) is 0 Å². The number of fused-ring (bicyclic) bond motifs is 3. The Bertz CT molecular complexity index is 889. The second-order valence-electron chi connectivity index (χ2n) is 9.00. The van der Waals surface area contributed by atoms with Crippen molar-refractivity contribution < 1.29 is 19.0 Å². The summed E-state index contributed by atoms with van der Waals surface area (Å²) in [6, 6.07) is 3.43. The molecule has 0 radical (unpaired) electrons. The molecular formula is C22H29FN2O3. The largest absolute Gasteiger partial charge is 0.494 e. The number of rotatable bonds is 3. The Morgan fingerprint density at radius 1 is 1.36 bits per heavy atom. The van der Waals surface area contributed by atoms with E-state index in [0.717, 1.165) is 12.8 Å². The molecule has 5 nitrogen and oxygen atoms in total. The van der Waals surface area contributed by atoms with Gasteiger partial charge in [-0.1, -0.05) is 6.92 Å². The van der Waals surface area contributed by atoms with Crippen LogP contribution in [0.25, 0.3) is 10.9 Å². The highest BCUT2D eigenvalue weighted by molar-refractivity contribution is 5.93. The highest BCUT2D eigenvalue weighted by Gasteiger charge is 2.47. The summed E-state index contributed by atoms with van der Waals surface area (Å²) in [6.07, 6.45) is 4.74. The van der Waals surface area contributed by atoms with Crippen LogP contribution in [-0.2, 0) is 4.79 Å². The maximum Gasteiger partial charge on any atom is 0.230 e. The molecular weight excluding hydrogens is 359 g/mol. The number of aliphatic hydroxyl groups is 1. The summed E-state index contributed by atoms with van der Waals surface area (Å²) in [6.45, 7) is 5.93. The summed E-state index contributed by atoms with van der Waals surface area (Å²) in [4.78, 5) is 18.6. The number of H-pyrrole nitrogens is 1. The molecule has 4 rings (SSSR count). The molecule has 0 aliphatic carbocycles. The number of methoxy groups -OCH3 is 1. The second kappa shape index (κ2) is 6.76. The minimum absolute atomic E-state index is 0.0144. The van der Waals surface area contributed by atoms with Gasteiger partial charge in [0, 0.05) is 29.2 Å². The van der Waals surface area contributed by atoms with Crippen LogP contribution >= 0.6 is 0 Å². The summed E-state index contributed by atoms with van der Waals surface area (Å²) >= 11 is 0. The smallest absolute Gasteiger partial charge is 0.230 e. The highest BCUT2D eigenvalue weighted by atomic mass is 19.1. The summed E-state index contributed by atoms with van der Waals surface area (Å²) in [7, 11) is 1.44. The van der Waals surface area contributed by atoms with Gasteiger partial charge < -0.3 is 19.7 Å². The number of benzene rings is 1. The minimum atomic E-state index is -0.726. The van der Waals surface area contributed by atoms with Gasteiger partial charge in [0.05, 0.1) is 18.6 Å². The Morgan fingerprint density at radius 2 is 2.00 bits per heavy atom. The second-order valence-corrected chi connectivity index (χ2v) is 9.00. The molecule has 28 heavy (non-hydrogen) atoms. The van der Waals surface area contributed by atoms with Gasteiger partial charge in [-0.3, -0.25) is 4.79 Å². The van der Waals surface area contributed by atoms with Crippen LogP contribution in [0.5, 0.6) is 5.75 Å². The number of halogens is 1. The maximum atomic E-state index is 14.9. The fraction of sp³-hybridized carbons (Fsp3) is 0.591.